The molecule has 1 spiro atoms. The van der Waals surface area contributed by atoms with Crippen molar-refractivity contribution < 1.29 is 28.4 Å². The standard InChI is InChI=1S/C49H58BrN10O6P/c1-31-27-37(55-48-53-29-34(50)45(57-48)54-36-12-11-35-43(52-20-19-51-35)44(36)67(3,4)64)41(65-2)28-39(31)59-24-17-49(18-25-59)15-22-58(23-16-49)21-6-5-7-26-66-40-10-8-9-32-33(40)30-60(47(32)63)38-13-14-42(61)56-46(38)62/h8-12,19-20,27-29,38H,5-7,13-18,21-26,30H2,1-4H3,(H,56,61,62)(H2,53,54,55,57). The summed E-state index contributed by atoms with van der Waals surface area (Å²) in [5.41, 5.74) is 6.76. The molecule has 4 aliphatic heterocycles. The van der Waals surface area contributed by atoms with Crippen LogP contribution in [0.4, 0.5) is 28.8 Å². The lowest BCUT2D eigenvalue weighted by Gasteiger charge is -2.47. The first-order valence-corrected chi connectivity index (χ1v) is 26.6. The molecular weight excluding hydrogens is 935 g/mol. The number of halogens is 1. The maximum Gasteiger partial charge on any atom is 0.255 e. The Kier molecular flexibility index (Phi) is 13.5. The number of hydrogen-bond donors (Lipinski definition) is 3. The second-order valence-corrected chi connectivity index (χ2v) is 22.6. The van der Waals surface area contributed by atoms with Gasteiger partial charge in [-0.1, -0.05) is 6.07 Å². The molecule has 16 nitrogen and oxygen atoms in total. The Labute approximate surface area is 399 Å². The fourth-order valence-corrected chi connectivity index (χ4v) is 11.9. The monoisotopic (exact) mass is 992 g/mol. The van der Waals surface area contributed by atoms with Crippen LogP contribution in [0.25, 0.3) is 11.0 Å². The van der Waals surface area contributed by atoms with Gasteiger partial charge in [-0.3, -0.25) is 29.7 Å². The van der Waals surface area contributed by atoms with Gasteiger partial charge >= 0.3 is 0 Å². The Balaban J connectivity index is 0.736. The van der Waals surface area contributed by atoms with Gasteiger partial charge in [0.25, 0.3) is 5.91 Å². The van der Waals surface area contributed by atoms with E-state index in [0.717, 1.165) is 68.8 Å². The molecule has 0 radical (unpaired) electrons. The quantitative estimate of drug-likeness (QED) is 0.0522. The van der Waals surface area contributed by atoms with E-state index in [-0.39, 0.29) is 18.2 Å². The van der Waals surface area contributed by atoms with Crippen LogP contribution in [0.2, 0.25) is 0 Å². The Morgan fingerprint density at radius 3 is 2.45 bits per heavy atom. The topological polar surface area (TPSA) is 184 Å². The van der Waals surface area contributed by atoms with E-state index in [4.69, 9.17) is 14.5 Å². The fraction of sp³-hybridized carbons (Fsp3) is 0.449. The average molecular weight is 994 g/mol. The molecule has 18 heteroatoms. The summed E-state index contributed by atoms with van der Waals surface area (Å²) in [5.74, 6) is 1.40. The summed E-state index contributed by atoms with van der Waals surface area (Å²) in [6.07, 6.45) is 13.4. The number of rotatable bonds is 15. The number of aromatic nitrogens is 4. The first kappa shape index (κ1) is 46.5. The van der Waals surface area contributed by atoms with E-state index < -0.39 is 19.1 Å². The third kappa shape index (κ3) is 10.0. The van der Waals surface area contributed by atoms with Gasteiger partial charge in [-0.25, -0.2) is 4.98 Å². The van der Waals surface area contributed by atoms with Crippen molar-refractivity contribution >= 4 is 86.0 Å². The van der Waals surface area contributed by atoms with Gasteiger partial charge in [0.15, 0.2) is 0 Å². The van der Waals surface area contributed by atoms with Crippen molar-refractivity contribution in [3.63, 3.8) is 0 Å². The van der Waals surface area contributed by atoms with Gasteiger partial charge in [-0.15, -0.1) is 0 Å². The molecule has 6 heterocycles. The molecule has 67 heavy (non-hydrogen) atoms. The number of likely N-dealkylation sites (tertiary alicyclic amines) is 1. The molecule has 3 fully saturated rings. The molecule has 352 valence electrons. The maximum absolute atomic E-state index is 13.5. The Bertz CT molecular complexity index is 2750. The van der Waals surface area contributed by atoms with Crippen LogP contribution in [0.15, 0.2) is 65.5 Å². The molecule has 3 saturated heterocycles. The second kappa shape index (κ2) is 19.5. The number of nitrogens with zero attached hydrogens (tertiary/aromatic N) is 7. The summed E-state index contributed by atoms with van der Waals surface area (Å²) in [6.45, 7) is 11.8. The average Bonchev–Trinajstić information content (AvgIpc) is 3.65. The van der Waals surface area contributed by atoms with Crippen LogP contribution in [-0.4, -0.2) is 113 Å². The summed E-state index contributed by atoms with van der Waals surface area (Å²) in [4.78, 5) is 62.3. The minimum Gasteiger partial charge on any atom is -0.494 e. The van der Waals surface area contributed by atoms with Gasteiger partial charge in [0.1, 0.15) is 36.0 Å². The normalized spacial score (nSPS) is 18.6. The second-order valence-electron chi connectivity index (χ2n) is 18.6. The number of aryl methyl sites for hydroxylation is 1. The van der Waals surface area contributed by atoms with Crippen LogP contribution in [0.5, 0.6) is 11.5 Å². The first-order valence-electron chi connectivity index (χ1n) is 23.2. The van der Waals surface area contributed by atoms with Crippen molar-refractivity contribution in [1.29, 1.82) is 0 Å². The molecule has 3 N–H and O–H groups in total. The van der Waals surface area contributed by atoms with Gasteiger partial charge in [0, 0.05) is 61.0 Å². The number of piperidine rings is 3. The maximum atomic E-state index is 13.5. The van der Waals surface area contributed by atoms with Crippen LogP contribution in [0, 0.1) is 12.3 Å². The molecule has 3 amide bonds. The highest BCUT2D eigenvalue weighted by molar-refractivity contribution is 9.10. The smallest absolute Gasteiger partial charge is 0.255 e. The number of nitrogens with one attached hydrogen (secondary N) is 3. The molecule has 5 aromatic rings. The number of carbonyl (C=O) groups excluding carboxylic acids is 3. The van der Waals surface area contributed by atoms with E-state index >= 15 is 0 Å². The number of carbonyl (C=O) groups is 3. The summed E-state index contributed by atoms with van der Waals surface area (Å²) < 4.78 is 26.3. The number of ether oxygens (including phenoxy) is 2. The molecule has 0 saturated carbocycles. The van der Waals surface area contributed by atoms with Crippen LogP contribution in [-0.2, 0) is 20.7 Å². The molecular formula is C49H58BrN10O6P. The number of unbranched alkanes of at least 4 members (excludes halogenated alkanes) is 2. The summed E-state index contributed by atoms with van der Waals surface area (Å²) in [6, 6.07) is 12.8. The minimum atomic E-state index is -2.77. The molecule has 1 unspecified atom stereocenters. The highest BCUT2D eigenvalue weighted by atomic mass is 79.9. The number of methoxy groups -OCH3 is 1. The number of amides is 3. The highest BCUT2D eigenvalue weighted by Crippen LogP contribution is 2.45. The number of benzene rings is 3. The van der Waals surface area contributed by atoms with Gasteiger partial charge < -0.3 is 39.4 Å². The van der Waals surface area contributed by atoms with Crippen LogP contribution in [0.3, 0.4) is 0 Å². The molecule has 0 aliphatic carbocycles. The SMILES string of the molecule is COc1cc(N2CCC3(CCN(CCCCCOc4cccc5c4CN(C4CCC(=O)NC4=O)C5=O)CC3)CC2)c(C)cc1Nc1ncc(Br)c(Nc2ccc3nccnc3c2P(C)(C)=O)n1. The van der Waals surface area contributed by atoms with Gasteiger partial charge in [-0.2, -0.15) is 4.98 Å². The minimum absolute atomic E-state index is 0.185. The lowest BCUT2D eigenvalue weighted by atomic mass is 9.71. The molecule has 0 bridgehead atoms. The lowest BCUT2D eigenvalue weighted by Crippen LogP contribution is -2.52. The van der Waals surface area contributed by atoms with Crippen molar-refractivity contribution in [2.45, 2.75) is 77.3 Å². The molecule has 1 atom stereocenters. The third-order valence-corrected chi connectivity index (χ3v) is 16.0. The van der Waals surface area contributed by atoms with Crippen molar-refractivity contribution in [3.05, 3.63) is 82.2 Å². The van der Waals surface area contributed by atoms with E-state index in [2.05, 4.69) is 75.7 Å². The molecule has 9 rings (SSSR count). The van der Waals surface area contributed by atoms with Gasteiger partial charge in [0.05, 0.1) is 46.9 Å². The van der Waals surface area contributed by atoms with E-state index in [9.17, 15) is 18.9 Å². The largest absolute Gasteiger partial charge is 0.494 e. The first-order chi connectivity index (χ1) is 32.3. The summed E-state index contributed by atoms with van der Waals surface area (Å²) >= 11 is 3.59. The highest BCUT2D eigenvalue weighted by Gasteiger charge is 2.41. The predicted molar refractivity (Wildman–Crippen MR) is 264 cm³/mol. The van der Waals surface area contributed by atoms with Crippen LogP contribution < -0.4 is 35.6 Å². The van der Waals surface area contributed by atoms with Crippen molar-refractivity contribution in [3.8, 4) is 11.5 Å². The Hall–Kier alpha value is -5.64. The van der Waals surface area contributed by atoms with E-state index in [1.54, 1.807) is 50.0 Å². The van der Waals surface area contributed by atoms with Gasteiger partial charge in [0.2, 0.25) is 17.8 Å². The Morgan fingerprint density at radius 1 is 0.910 bits per heavy atom. The van der Waals surface area contributed by atoms with Gasteiger partial charge in [-0.05, 0) is 148 Å². The number of anilines is 5. The zero-order valence-electron chi connectivity index (χ0n) is 38.6. The van der Waals surface area contributed by atoms with Crippen LogP contribution in [0.1, 0.15) is 79.3 Å². The predicted octanol–water partition coefficient (Wildman–Crippen LogP) is 7.93. The summed E-state index contributed by atoms with van der Waals surface area (Å²) in [7, 11) is -1.09. The van der Waals surface area contributed by atoms with E-state index in [1.807, 2.05) is 24.3 Å². The lowest BCUT2D eigenvalue weighted by molar-refractivity contribution is -0.136. The molecule has 2 aromatic heterocycles. The van der Waals surface area contributed by atoms with Crippen molar-refractivity contribution in [2.75, 3.05) is 75.3 Å². The zero-order chi connectivity index (χ0) is 46.9. The number of fused-ring (bicyclic) bond motifs is 2. The Morgan fingerprint density at radius 2 is 1.69 bits per heavy atom. The van der Waals surface area contributed by atoms with Crippen LogP contribution >= 0.6 is 23.1 Å². The van der Waals surface area contributed by atoms with Crippen molar-refractivity contribution in [2.24, 2.45) is 5.41 Å². The number of imide groups is 1. The zero-order valence-corrected chi connectivity index (χ0v) is 41.1. The summed E-state index contributed by atoms with van der Waals surface area (Å²) in [5, 5.41) is 9.74. The third-order valence-electron chi connectivity index (χ3n) is 13.9. The van der Waals surface area contributed by atoms with E-state index in [0.29, 0.717) is 80.3 Å². The van der Waals surface area contributed by atoms with Crippen molar-refractivity contribution in [1.82, 2.24) is 35.1 Å². The fourth-order valence-electron chi connectivity index (χ4n) is 10.2. The molecule has 3 aromatic carbocycles. The molecule has 4 aliphatic rings. The van der Waals surface area contributed by atoms with E-state index in [1.165, 1.54) is 31.4 Å². The number of hydrogen-bond acceptors (Lipinski definition) is 14.